The number of halogens is 1. The van der Waals surface area contributed by atoms with Crippen molar-refractivity contribution in [1.82, 2.24) is 3.97 Å². The first-order valence-electron chi connectivity index (χ1n) is 12.9. The summed E-state index contributed by atoms with van der Waals surface area (Å²) in [6.07, 6.45) is 1.44. The van der Waals surface area contributed by atoms with E-state index in [9.17, 15) is 14.1 Å². The number of carbonyl (C=O) groups is 1. The number of hydrogen-bond donors (Lipinski definition) is 0. The van der Waals surface area contributed by atoms with Gasteiger partial charge >= 0.3 is 5.97 Å². The molecule has 3 heterocycles. The summed E-state index contributed by atoms with van der Waals surface area (Å²) >= 11 is 2.99. The highest BCUT2D eigenvalue weighted by Crippen LogP contribution is 2.47. The Hall–Kier alpha value is -4.28. The fourth-order valence-corrected chi connectivity index (χ4v) is 6.90. The predicted octanol–water partition coefficient (Wildman–Crippen LogP) is 7.75. The molecule has 41 heavy (non-hydrogen) atoms. The Morgan fingerprint density at radius 1 is 1.10 bits per heavy atom. The molecule has 10 heteroatoms. The first kappa shape index (κ1) is 26.9. The Morgan fingerprint density at radius 2 is 1.90 bits per heavy atom. The normalized spacial score (nSPS) is 13.6. The van der Waals surface area contributed by atoms with Crippen molar-refractivity contribution < 1.29 is 13.9 Å². The Kier molecular flexibility index (Phi) is 7.42. The molecule has 7 nitrogen and oxygen atoms in total. The van der Waals surface area contributed by atoms with Gasteiger partial charge in [-0.25, -0.2) is 4.39 Å². The first-order chi connectivity index (χ1) is 20.0. The van der Waals surface area contributed by atoms with Crippen LogP contribution < -0.4 is 4.90 Å². The van der Waals surface area contributed by atoms with E-state index in [0.717, 1.165) is 54.3 Å². The topological polar surface area (TPSA) is 76.3 Å². The van der Waals surface area contributed by atoms with E-state index in [1.807, 2.05) is 36.6 Å². The van der Waals surface area contributed by atoms with Gasteiger partial charge in [0.25, 0.3) is 0 Å². The summed E-state index contributed by atoms with van der Waals surface area (Å²) in [5.74, 6) is -0.691. The highest BCUT2D eigenvalue weighted by molar-refractivity contribution is 7.98. The van der Waals surface area contributed by atoms with E-state index in [2.05, 4.69) is 49.6 Å². The van der Waals surface area contributed by atoms with Crippen LogP contribution in [0, 0.1) is 23.6 Å². The highest BCUT2D eigenvalue weighted by Gasteiger charge is 2.34. The second-order valence-corrected chi connectivity index (χ2v) is 11.8. The molecule has 206 valence electrons. The van der Waals surface area contributed by atoms with Crippen molar-refractivity contribution >= 4 is 52.1 Å². The molecule has 0 radical (unpaired) electrons. The summed E-state index contributed by atoms with van der Waals surface area (Å²) in [4.78, 5) is 26.7. The van der Waals surface area contributed by atoms with Crippen LogP contribution in [-0.2, 0) is 9.53 Å². The molecule has 1 fully saturated rings. The molecule has 0 bridgehead atoms. The second-order valence-electron chi connectivity index (χ2n) is 9.78. The Morgan fingerprint density at radius 3 is 2.66 bits per heavy atom. The number of carbonyl (C=O) groups excluding carboxylic acids is 1. The van der Waals surface area contributed by atoms with Crippen LogP contribution in [-0.4, -0.2) is 36.4 Å². The maximum Gasteiger partial charge on any atom is 0.312 e. The molecule has 6 rings (SSSR count). The molecule has 2 aromatic heterocycles. The SMILES string of the molecule is COC(=O)C1CN(c2cccc(-c3c(-c4ccsc4/C=N/N=O)c4cc(F)ccc4n3Sc3ccc(C)cc3)c2)C1. The molecule has 1 aliphatic heterocycles. The standard InChI is InChI=1S/C31H25FN4O3S2/c1-19-6-9-24(10-7-19)41-36-27-11-8-22(32)15-26(27)29(25-12-13-40-28(25)16-33-34-38)30(36)20-4-3-5-23(14-20)35-17-21(18-35)31(37)39-2/h3-16,21H,17-18H2,1-2H3/b33-16+. The number of methoxy groups -OCH3 is 1. The van der Waals surface area contributed by atoms with Crippen LogP contribution in [0.25, 0.3) is 33.3 Å². The third-order valence-corrected chi connectivity index (χ3v) is 9.09. The maximum atomic E-state index is 14.8. The Balaban J connectivity index is 1.57. The van der Waals surface area contributed by atoms with Gasteiger partial charge in [0.2, 0.25) is 0 Å². The highest BCUT2D eigenvalue weighted by atomic mass is 32.2. The molecule has 1 saturated heterocycles. The number of aromatic nitrogens is 1. The van der Waals surface area contributed by atoms with Gasteiger partial charge in [-0.15, -0.1) is 21.3 Å². The summed E-state index contributed by atoms with van der Waals surface area (Å²) < 4.78 is 21.8. The van der Waals surface area contributed by atoms with Crippen LogP contribution in [0.2, 0.25) is 0 Å². The number of hydrogen-bond acceptors (Lipinski definition) is 7. The lowest BCUT2D eigenvalue weighted by molar-refractivity contribution is -0.146. The van der Waals surface area contributed by atoms with E-state index in [1.165, 1.54) is 30.7 Å². The van der Waals surface area contributed by atoms with E-state index >= 15 is 0 Å². The molecule has 0 N–H and O–H groups in total. The zero-order chi connectivity index (χ0) is 28.5. The van der Waals surface area contributed by atoms with Crippen molar-refractivity contribution in [2.45, 2.75) is 11.8 Å². The van der Waals surface area contributed by atoms with Crippen LogP contribution in [0.5, 0.6) is 0 Å². The average Bonchev–Trinajstić information content (AvgIpc) is 3.54. The van der Waals surface area contributed by atoms with Gasteiger partial charge in [-0.2, -0.15) is 0 Å². The summed E-state index contributed by atoms with van der Waals surface area (Å²) in [5.41, 5.74) is 6.47. The fraction of sp³-hybridized carbons (Fsp3) is 0.161. The Labute approximate surface area is 244 Å². The van der Waals surface area contributed by atoms with Gasteiger partial charge in [-0.3, -0.25) is 8.77 Å². The van der Waals surface area contributed by atoms with Crippen molar-refractivity contribution in [3.05, 3.63) is 99.3 Å². The van der Waals surface area contributed by atoms with Gasteiger partial charge in [0.05, 0.1) is 40.6 Å². The third kappa shape index (κ3) is 5.16. The Bertz CT molecular complexity index is 1790. The third-order valence-electron chi connectivity index (χ3n) is 7.19. The van der Waals surface area contributed by atoms with E-state index in [4.69, 9.17) is 4.74 Å². The molecule has 0 spiro atoms. The number of thiophene rings is 1. The van der Waals surface area contributed by atoms with Crippen molar-refractivity contribution in [3.63, 3.8) is 0 Å². The van der Waals surface area contributed by atoms with E-state index in [1.54, 1.807) is 24.1 Å². The van der Waals surface area contributed by atoms with E-state index < -0.39 is 0 Å². The number of fused-ring (bicyclic) bond motifs is 1. The lowest BCUT2D eigenvalue weighted by Crippen LogP contribution is -2.50. The summed E-state index contributed by atoms with van der Waals surface area (Å²) in [5, 5.41) is 8.92. The van der Waals surface area contributed by atoms with E-state index in [-0.39, 0.29) is 17.7 Å². The van der Waals surface area contributed by atoms with Crippen LogP contribution in [0.1, 0.15) is 10.4 Å². The van der Waals surface area contributed by atoms with Gasteiger partial charge in [-0.05, 0) is 72.8 Å². The number of ether oxygens (including phenoxy) is 1. The number of aryl methyl sites for hydroxylation is 1. The molecule has 0 saturated carbocycles. The van der Waals surface area contributed by atoms with Crippen molar-refractivity contribution in [3.8, 4) is 22.4 Å². The summed E-state index contributed by atoms with van der Waals surface area (Å²) in [6, 6.07) is 23.2. The molecule has 1 aliphatic rings. The fourth-order valence-electron chi connectivity index (χ4n) is 5.13. The first-order valence-corrected chi connectivity index (χ1v) is 14.6. The minimum absolute atomic E-state index is 0.148. The maximum absolute atomic E-state index is 14.8. The lowest BCUT2D eigenvalue weighted by atomic mass is 9.96. The number of esters is 1. The van der Waals surface area contributed by atoms with Crippen LogP contribution in [0.15, 0.2) is 93.5 Å². The monoisotopic (exact) mass is 584 g/mol. The smallest absolute Gasteiger partial charge is 0.312 e. The lowest BCUT2D eigenvalue weighted by Gasteiger charge is -2.39. The van der Waals surface area contributed by atoms with Gasteiger partial charge in [0.1, 0.15) is 5.82 Å². The minimum atomic E-state index is -0.342. The number of anilines is 1. The van der Waals surface area contributed by atoms with Gasteiger partial charge in [0.15, 0.2) is 0 Å². The van der Waals surface area contributed by atoms with Crippen LogP contribution in [0.4, 0.5) is 10.1 Å². The molecule has 0 atom stereocenters. The van der Waals surface area contributed by atoms with Crippen molar-refractivity contribution in [1.29, 1.82) is 0 Å². The van der Waals surface area contributed by atoms with Gasteiger partial charge in [-0.1, -0.05) is 29.8 Å². The van der Waals surface area contributed by atoms with Crippen molar-refractivity contribution in [2.75, 3.05) is 25.1 Å². The average molecular weight is 585 g/mol. The molecule has 0 amide bonds. The molecule has 3 aromatic carbocycles. The van der Waals surface area contributed by atoms with Gasteiger partial charge in [0, 0.05) is 45.7 Å². The zero-order valence-corrected chi connectivity index (χ0v) is 23.9. The van der Waals surface area contributed by atoms with Crippen LogP contribution >= 0.6 is 23.3 Å². The minimum Gasteiger partial charge on any atom is -0.469 e. The zero-order valence-electron chi connectivity index (χ0n) is 22.3. The van der Waals surface area contributed by atoms with E-state index in [0.29, 0.717) is 13.1 Å². The predicted molar refractivity (Wildman–Crippen MR) is 164 cm³/mol. The van der Waals surface area contributed by atoms with Crippen molar-refractivity contribution in [2.24, 2.45) is 16.3 Å². The molecule has 0 aliphatic carbocycles. The number of benzene rings is 3. The number of nitroso groups, excluding NO2 is 1. The van der Waals surface area contributed by atoms with Crippen LogP contribution in [0.3, 0.4) is 0 Å². The summed E-state index contributed by atoms with van der Waals surface area (Å²) in [6.45, 7) is 3.21. The number of nitrogens with zero attached hydrogens (tertiary/aromatic N) is 4. The quantitative estimate of drug-likeness (QED) is 0.0807. The largest absolute Gasteiger partial charge is 0.469 e. The molecule has 0 unspecified atom stereocenters. The summed E-state index contributed by atoms with van der Waals surface area (Å²) in [7, 11) is 1.41. The molecular formula is C31H25FN4O3S2. The molecular weight excluding hydrogens is 559 g/mol. The second kappa shape index (κ2) is 11.3. The molecule has 5 aromatic rings. The number of rotatable bonds is 8. The van der Waals surface area contributed by atoms with Gasteiger partial charge < -0.3 is 9.64 Å².